The van der Waals surface area contributed by atoms with Gasteiger partial charge in [-0.05, 0) is 67.1 Å². The number of rotatable bonds is 5. The van der Waals surface area contributed by atoms with Crippen molar-refractivity contribution in [2.24, 2.45) is 5.92 Å². The van der Waals surface area contributed by atoms with E-state index in [1.165, 1.54) is 0 Å². The van der Waals surface area contributed by atoms with Gasteiger partial charge in [0, 0.05) is 12.3 Å². The normalized spacial score (nSPS) is 27.5. The zero-order valence-electron chi connectivity index (χ0n) is 16.8. The highest BCUT2D eigenvalue weighted by atomic mass is 19.3. The maximum absolute atomic E-state index is 13.9. The highest BCUT2D eigenvalue weighted by Gasteiger charge is 2.40. The second-order valence-corrected chi connectivity index (χ2v) is 8.46. The van der Waals surface area contributed by atoms with E-state index in [9.17, 15) is 13.6 Å². The smallest absolute Gasteiger partial charge is 0.408 e. The molecule has 2 aliphatic rings. The van der Waals surface area contributed by atoms with Gasteiger partial charge >= 0.3 is 6.09 Å². The van der Waals surface area contributed by atoms with Gasteiger partial charge in [0.15, 0.2) is 0 Å². The fraction of sp³-hybridized carbons (Fsp3) is 0.522. The largest absolute Gasteiger partial charge is 0.490 e. The summed E-state index contributed by atoms with van der Waals surface area (Å²) in [5, 5.41) is 4.93. The summed E-state index contributed by atoms with van der Waals surface area (Å²) in [6.45, 7) is 3.80. The Kier molecular flexibility index (Phi) is 5.13. The molecular weight excluding hydrogens is 376 g/mol. The third-order valence-electron chi connectivity index (χ3n) is 6.36. The number of ether oxygens (including phenoxy) is 2. The molecule has 1 heterocycles. The molecule has 156 valence electrons. The molecule has 0 aromatic heterocycles. The molecule has 1 N–H and O–H groups in total. The molecule has 1 atom stereocenters. The average molecular weight is 403 g/mol. The number of halogens is 2. The monoisotopic (exact) mass is 403 g/mol. The summed E-state index contributed by atoms with van der Waals surface area (Å²) in [5.41, 5.74) is 0.458. The molecule has 2 aromatic rings. The molecule has 1 saturated heterocycles. The number of amides is 1. The Morgan fingerprint density at radius 1 is 1.14 bits per heavy atom. The molecular formula is C23H27F2NO3. The quantitative estimate of drug-likeness (QED) is 0.689. The lowest BCUT2D eigenvalue weighted by atomic mass is 9.82. The first kappa shape index (κ1) is 19.9. The predicted molar refractivity (Wildman–Crippen MR) is 107 cm³/mol. The fourth-order valence-electron chi connectivity index (χ4n) is 4.39. The van der Waals surface area contributed by atoms with Gasteiger partial charge in [-0.1, -0.05) is 25.1 Å². The van der Waals surface area contributed by atoms with Gasteiger partial charge in [0.25, 0.3) is 5.92 Å². The lowest BCUT2D eigenvalue weighted by molar-refractivity contribution is -0.0819. The van der Waals surface area contributed by atoms with E-state index >= 15 is 0 Å². The Balaban J connectivity index is 1.44. The summed E-state index contributed by atoms with van der Waals surface area (Å²) in [4.78, 5) is 11.4. The number of alkyl halides is 2. The Bertz CT molecular complexity index is 908. The van der Waals surface area contributed by atoms with Crippen molar-refractivity contribution in [2.45, 2.75) is 63.5 Å². The van der Waals surface area contributed by atoms with Crippen LogP contribution in [0.15, 0.2) is 36.4 Å². The van der Waals surface area contributed by atoms with Gasteiger partial charge in [0.2, 0.25) is 0 Å². The second kappa shape index (κ2) is 7.47. The van der Waals surface area contributed by atoms with Crippen LogP contribution >= 0.6 is 0 Å². The van der Waals surface area contributed by atoms with E-state index in [0.717, 1.165) is 22.1 Å². The van der Waals surface area contributed by atoms with Crippen molar-refractivity contribution < 1.29 is 23.0 Å². The van der Waals surface area contributed by atoms with Crippen LogP contribution in [0.25, 0.3) is 10.8 Å². The maximum atomic E-state index is 13.9. The summed E-state index contributed by atoms with van der Waals surface area (Å²) in [5.74, 6) is -2.32. The van der Waals surface area contributed by atoms with Crippen LogP contribution in [0, 0.1) is 5.92 Å². The minimum Gasteiger partial charge on any atom is -0.490 e. The van der Waals surface area contributed by atoms with E-state index in [2.05, 4.69) is 5.32 Å². The molecule has 4 rings (SSSR count). The number of nitrogens with one attached hydrogen (secondary N) is 1. The maximum Gasteiger partial charge on any atom is 0.408 e. The van der Waals surface area contributed by atoms with Crippen molar-refractivity contribution in [3.8, 4) is 5.75 Å². The van der Waals surface area contributed by atoms with Crippen LogP contribution in [-0.4, -0.2) is 24.7 Å². The zero-order valence-corrected chi connectivity index (χ0v) is 16.8. The van der Waals surface area contributed by atoms with Crippen LogP contribution < -0.4 is 10.1 Å². The van der Waals surface area contributed by atoms with Gasteiger partial charge in [0.1, 0.15) is 12.4 Å². The molecule has 0 spiro atoms. The minimum absolute atomic E-state index is 0.0135. The molecule has 0 unspecified atom stereocenters. The molecule has 6 heteroatoms. The third kappa shape index (κ3) is 4.02. The predicted octanol–water partition coefficient (Wildman–Crippen LogP) is 5.78. The van der Waals surface area contributed by atoms with Crippen molar-refractivity contribution in [3.63, 3.8) is 0 Å². The van der Waals surface area contributed by atoms with Gasteiger partial charge in [-0.15, -0.1) is 0 Å². The molecule has 2 fully saturated rings. The number of fused-ring (bicyclic) bond motifs is 1. The number of hydrogen-bond acceptors (Lipinski definition) is 3. The first-order valence-electron chi connectivity index (χ1n) is 10.3. The molecule has 1 saturated carbocycles. The van der Waals surface area contributed by atoms with Gasteiger partial charge in [0.05, 0.1) is 11.6 Å². The van der Waals surface area contributed by atoms with Crippen molar-refractivity contribution in [1.82, 2.24) is 5.32 Å². The van der Waals surface area contributed by atoms with E-state index in [-0.39, 0.29) is 12.5 Å². The summed E-state index contributed by atoms with van der Waals surface area (Å²) < 4.78 is 38.9. The molecule has 0 bridgehead atoms. The van der Waals surface area contributed by atoms with Crippen LogP contribution in [0.2, 0.25) is 0 Å². The Labute approximate surface area is 169 Å². The summed E-state index contributed by atoms with van der Waals surface area (Å²) in [7, 11) is 0. The summed E-state index contributed by atoms with van der Waals surface area (Å²) >= 11 is 0. The van der Waals surface area contributed by atoms with Crippen molar-refractivity contribution in [1.29, 1.82) is 0 Å². The Morgan fingerprint density at radius 3 is 2.48 bits per heavy atom. The number of hydrogen-bond donors (Lipinski definition) is 1. The zero-order chi connectivity index (χ0) is 20.6. The summed E-state index contributed by atoms with van der Waals surface area (Å²) in [6, 6.07) is 11.9. The van der Waals surface area contributed by atoms with Crippen molar-refractivity contribution in [3.05, 3.63) is 42.0 Å². The first-order chi connectivity index (χ1) is 13.8. The van der Waals surface area contributed by atoms with Gasteiger partial charge < -0.3 is 14.8 Å². The van der Waals surface area contributed by atoms with Gasteiger partial charge in [-0.3, -0.25) is 0 Å². The van der Waals surface area contributed by atoms with Crippen molar-refractivity contribution in [2.75, 3.05) is 6.61 Å². The van der Waals surface area contributed by atoms with Gasteiger partial charge in [-0.25, -0.2) is 13.6 Å². The van der Waals surface area contributed by atoms with Crippen LogP contribution in [0.4, 0.5) is 13.6 Å². The Hall–Kier alpha value is -2.37. The highest BCUT2D eigenvalue weighted by Crippen LogP contribution is 2.39. The molecule has 4 nitrogen and oxygen atoms in total. The van der Waals surface area contributed by atoms with Crippen molar-refractivity contribution >= 4 is 16.9 Å². The molecule has 1 amide bonds. The SMILES string of the molecule is CCC(F)(F)[C@H]1CC[C@H](Oc2ccc3cc([C@]4(C)COC(=O)N4)ccc3c2)CC1. The molecule has 1 aliphatic carbocycles. The summed E-state index contributed by atoms with van der Waals surface area (Å²) in [6.07, 6.45) is 1.84. The van der Waals surface area contributed by atoms with Crippen LogP contribution in [0.5, 0.6) is 5.75 Å². The second-order valence-electron chi connectivity index (χ2n) is 8.46. The molecule has 2 aromatic carbocycles. The van der Waals surface area contributed by atoms with E-state index < -0.39 is 23.5 Å². The van der Waals surface area contributed by atoms with Crippen LogP contribution in [0.3, 0.4) is 0 Å². The van der Waals surface area contributed by atoms with E-state index in [1.807, 2.05) is 43.3 Å². The van der Waals surface area contributed by atoms with E-state index in [0.29, 0.717) is 32.3 Å². The number of carbonyl (C=O) groups is 1. The lowest BCUT2D eigenvalue weighted by Gasteiger charge is -2.33. The molecule has 29 heavy (non-hydrogen) atoms. The highest BCUT2D eigenvalue weighted by molar-refractivity contribution is 5.85. The fourth-order valence-corrected chi connectivity index (χ4v) is 4.39. The third-order valence-corrected chi connectivity index (χ3v) is 6.36. The van der Waals surface area contributed by atoms with Crippen LogP contribution in [-0.2, 0) is 10.3 Å². The number of cyclic esters (lactones) is 1. The number of carbonyl (C=O) groups excluding carboxylic acids is 1. The number of benzene rings is 2. The average Bonchev–Trinajstić information content (AvgIpc) is 3.08. The lowest BCUT2D eigenvalue weighted by Crippen LogP contribution is -2.37. The van der Waals surface area contributed by atoms with Gasteiger partial charge in [-0.2, -0.15) is 0 Å². The van der Waals surface area contributed by atoms with E-state index in [4.69, 9.17) is 9.47 Å². The molecule has 1 aliphatic heterocycles. The van der Waals surface area contributed by atoms with Crippen LogP contribution in [0.1, 0.15) is 51.5 Å². The Morgan fingerprint density at radius 2 is 1.83 bits per heavy atom. The first-order valence-corrected chi connectivity index (χ1v) is 10.3. The topological polar surface area (TPSA) is 47.6 Å². The standard InChI is InChI=1S/C23H27F2NO3/c1-3-23(24,25)17-7-10-19(11-8-17)29-20-9-5-15-12-18(6-4-16(15)13-20)22(2)14-28-21(27)26-22/h4-6,9,12-13,17,19H,3,7-8,10-11,14H2,1-2H3,(H,26,27)/t17-,19-,22-/m0/s1. The number of alkyl carbamates (subject to hydrolysis) is 1. The van der Waals surface area contributed by atoms with E-state index in [1.54, 1.807) is 6.92 Å². The molecule has 0 radical (unpaired) electrons. The minimum atomic E-state index is -2.56.